The van der Waals surface area contributed by atoms with Crippen LogP contribution in [-0.2, 0) is 0 Å². The van der Waals surface area contributed by atoms with Crippen LogP contribution in [0.1, 0.15) is 6.92 Å². The Kier molecular flexibility index (Phi) is 2.69. The van der Waals surface area contributed by atoms with Gasteiger partial charge in [0.05, 0.1) is 17.8 Å². The first-order valence-corrected chi connectivity index (χ1v) is 4.05. The molecule has 58 valence electrons. The highest BCUT2D eigenvalue weighted by Crippen LogP contribution is 2.18. The molecule has 0 radical (unpaired) electrons. The van der Waals surface area contributed by atoms with Crippen molar-refractivity contribution in [1.29, 1.82) is 0 Å². The summed E-state index contributed by atoms with van der Waals surface area (Å²) in [4.78, 5) is 0. The first-order valence-electron chi connectivity index (χ1n) is 2.94. The predicted octanol–water partition coefficient (Wildman–Crippen LogP) is 1.63. The van der Waals surface area contributed by atoms with Gasteiger partial charge in [-0.15, -0.1) is 6.42 Å². The Morgan fingerprint density at radius 3 is 2.91 bits per heavy atom. The highest BCUT2D eigenvalue weighted by molar-refractivity contribution is 6.99. The summed E-state index contributed by atoms with van der Waals surface area (Å²) in [6.07, 6.45) is 5.14. The average molecular weight is 188 g/mol. The number of anilines is 1. The summed E-state index contributed by atoms with van der Waals surface area (Å²) >= 11 is 6.70. The number of hydrogen-bond donors (Lipinski definition) is 1. The Bertz CT molecular complexity index is 278. The van der Waals surface area contributed by atoms with Crippen molar-refractivity contribution < 1.29 is 0 Å². The van der Waals surface area contributed by atoms with Gasteiger partial charge in [0.1, 0.15) is 0 Å². The van der Waals surface area contributed by atoms with Gasteiger partial charge in [-0.3, -0.25) is 0 Å². The van der Waals surface area contributed by atoms with Crippen molar-refractivity contribution in [2.75, 3.05) is 5.32 Å². The van der Waals surface area contributed by atoms with Crippen molar-refractivity contribution in [3.05, 3.63) is 5.15 Å². The first-order chi connectivity index (χ1) is 5.24. The molecule has 1 unspecified atom stereocenters. The maximum absolute atomic E-state index is 5.65. The molecular formula is C6H6ClN3S. The van der Waals surface area contributed by atoms with E-state index >= 15 is 0 Å². The van der Waals surface area contributed by atoms with Gasteiger partial charge >= 0.3 is 0 Å². The van der Waals surface area contributed by atoms with Crippen molar-refractivity contribution in [3.63, 3.8) is 0 Å². The summed E-state index contributed by atoms with van der Waals surface area (Å²) in [7, 11) is 0. The van der Waals surface area contributed by atoms with E-state index in [1.54, 1.807) is 0 Å². The normalized spacial score (nSPS) is 12.1. The smallest absolute Gasteiger partial charge is 0.186 e. The average Bonchev–Trinajstić information content (AvgIpc) is 2.37. The standard InChI is InChI=1S/C6H6ClN3S/c1-3-4(2)8-6-5(7)9-11-10-6/h1,4H,2H3,(H,8,10). The van der Waals surface area contributed by atoms with E-state index in [0.717, 1.165) is 11.7 Å². The minimum atomic E-state index is -0.0728. The molecule has 0 fully saturated rings. The summed E-state index contributed by atoms with van der Waals surface area (Å²) in [6, 6.07) is -0.0728. The molecule has 0 aromatic carbocycles. The third kappa shape index (κ3) is 2.07. The molecule has 5 heteroatoms. The number of terminal acetylenes is 1. The molecule has 0 aliphatic rings. The van der Waals surface area contributed by atoms with Crippen LogP contribution >= 0.6 is 23.3 Å². The number of nitrogens with zero attached hydrogens (tertiary/aromatic N) is 2. The Morgan fingerprint density at radius 1 is 1.73 bits per heavy atom. The highest BCUT2D eigenvalue weighted by Gasteiger charge is 2.05. The number of rotatable bonds is 2. The van der Waals surface area contributed by atoms with E-state index in [4.69, 9.17) is 18.0 Å². The minimum Gasteiger partial charge on any atom is -0.353 e. The van der Waals surface area contributed by atoms with Gasteiger partial charge in [-0.1, -0.05) is 17.5 Å². The van der Waals surface area contributed by atoms with E-state index in [1.165, 1.54) is 0 Å². The number of hydrogen-bond acceptors (Lipinski definition) is 4. The van der Waals surface area contributed by atoms with Crippen LogP contribution in [0.4, 0.5) is 5.82 Å². The fraction of sp³-hybridized carbons (Fsp3) is 0.333. The Hall–Kier alpha value is -0.790. The summed E-state index contributed by atoms with van der Waals surface area (Å²) < 4.78 is 7.66. The van der Waals surface area contributed by atoms with Gasteiger partial charge in [-0.05, 0) is 6.92 Å². The van der Waals surface area contributed by atoms with Gasteiger partial charge in [-0.25, -0.2) is 0 Å². The van der Waals surface area contributed by atoms with Crippen molar-refractivity contribution in [1.82, 2.24) is 8.75 Å². The van der Waals surface area contributed by atoms with Crippen LogP contribution < -0.4 is 5.32 Å². The van der Waals surface area contributed by atoms with E-state index in [2.05, 4.69) is 20.0 Å². The van der Waals surface area contributed by atoms with Crippen LogP contribution in [-0.4, -0.2) is 14.8 Å². The van der Waals surface area contributed by atoms with Gasteiger partial charge in [0.2, 0.25) is 0 Å². The van der Waals surface area contributed by atoms with Crippen molar-refractivity contribution in [2.24, 2.45) is 0 Å². The second-order valence-electron chi connectivity index (χ2n) is 1.94. The zero-order chi connectivity index (χ0) is 8.27. The van der Waals surface area contributed by atoms with Crippen LogP contribution in [0.2, 0.25) is 5.15 Å². The Morgan fingerprint density at radius 2 is 2.45 bits per heavy atom. The molecule has 0 spiro atoms. The van der Waals surface area contributed by atoms with Crippen LogP contribution in [0.25, 0.3) is 0 Å². The van der Waals surface area contributed by atoms with Crippen LogP contribution in [0.5, 0.6) is 0 Å². The van der Waals surface area contributed by atoms with Crippen LogP contribution in [0.15, 0.2) is 0 Å². The molecule has 1 aromatic heterocycles. The van der Waals surface area contributed by atoms with E-state index in [-0.39, 0.29) is 6.04 Å². The van der Waals surface area contributed by atoms with Gasteiger partial charge in [0, 0.05) is 0 Å². The minimum absolute atomic E-state index is 0.0728. The fourth-order valence-corrected chi connectivity index (χ4v) is 1.17. The van der Waals surface area contributed by atoms with Crippen LogP contribution in [0, 0.1) is 12.3 Å². The number of aromatic nitrogens is 2. The molecule has 1 rings (SSSR count). The monoisotopic (exact) mass is 187 g/mol. The molecule has 0 bridgehead atoms. The summed E-state index contributed by atoms with van der Waals surface area (Å²) in [5.74, 6) is 3.06. The third-order valence-electron chi connectivity index (χ3n) is 1.05. The van der Waals surface area contributed by atoms with Gasteiger partial charge < -0.3 is 5.32 Å². The first kappa shape index (κ1) is 8.31. The Balaban J connectivity index is 2.66. The lowest BCUT2D eigenvalue weighted by Gasteiger charge is -2.03. The lowest BCUT2D eigenvalue weighted by atomic mass is 10.4. The zero-order valence-corrected chi connectivity index (χ0v) is 7.41. The molecule has 1 heterocycles. The summed E-state index contributed by atoms with van der Waals surface area (Å²) in [5.41, 5.74) is 0. The van der Waals surface area contributed by atoms with Crippen molar-refractivity contribution >= 4 is 29.1 Å². The quantitative estimate of drug-likeness (QED) is 0.716. The van der Waals surface area contributed by atoms with Crippen molar-refractivity contribution in [3.8, 4) is 12.3 Å². The molecule has 3 nitrogen and oxygen atoms in total. The van der Waals surface area contributed by atoms with Gasteiger partial charge in [0.25, 0.3) is 0 Å². The fourth-order valence-electron chi connectivity index (χ4n) is 0.511. The molecule has 0 aliphatic heterocycles. The largest absolute Gasteiger partial charge is 0.353 e. The maximum Gasteiger partial charge on any atom is 0.186 e. The van der Waals surface area contributed by atoms with Gasteiger partial charge in [0.15, 0.2) is 11.0 Å². The topological polar surface area (TPSA) is 37.8 Å². The maximum atomic E-state index is 5.65. The molecule has 1 aromatic rings. The lowest BCUT2D eigenvalue weighted by Crippen LogP contribution is -2.12. The van der Waals surface area contributed by atoms with E-state index in [9.17, 15) is 0 Å². The van der Waals surface area contributed by atoms with Gasteiger partial charge in [-0.2, -0.15) is 8.75 Å². The molecular weight excluding hydrogens is 182 g/mol. The number of nitrogens with one attached hydrogen (secondary N) is 1. The summed E-state index contributed by atoms with van der Waals surface area (Å²) in [6.45, 7) is 1.84. The highest BCUT2D eigenvalue weighted by atomic mass is 35.5. The lowest BCUT2D eigenvalue weighted by molar-refractivity contribution is 1.02. The zero-order valence-electron chi connectivity index (χ0n) is 5.84. The second kappa shape index (κ2) is 3.56. The molecule has 0 amide bonds. The molecule has 0 saturated heterocycles. The van der Waals surface area contributed by atoms with Crippen molar-refractivity contribution in [2.45, 2.75) is 13.0 Å². The number of halogens is 1. The summed E-state index contributed by atoms with van der Waals surface area (Å²) in [5, 5.41) is 3.28. The van der Waals surface area contributed by atoms with E-state index < -0.39 is 0 Å². The van der Waals surface area contributed by atoms with E-state index in [0.29, 0.717) is 11.0 Å². The molecule has 1 N–H and O–H groups in total. The molecule has 11 heavy (non-hydrogen) atoms. The Labute approximate surface area is 74.1 Å². The van der Waals surface area contributed by atoms with Crippen LogP contribution in [0.3, 0.4) is 0 Å². The second-order valence-corrected chi connectivity index (χ2v) is 2.82. The molecule has 0 saturated carbocycles. The van der Waals surface area contributed by atoms with E-state index in [1.807, 2.05) is 6.92 Å². The molecule has 0 aliphatic carbocycles. The SMILES string of the molecule is C#CC(C)Nc1nsnc1Cl. The predicted molar refractivity (Wildman–Crippen MR) is 46.8 cm³/mol. The molecule has 1 atom stereocenters. The third-order valence-corrected chi connectivity index (χ3v) is 1.94.